The number of aromatic hydroxyl groups is 1. The van der Waals surface area contributed by atoms with E-state index in [1.54, 1.807) is 18.2 Å². The van der Waals surface area contributed by atoms with Crippen LogP contribution in [0, 0.1) is 0 Å². The first-order valence-electron chi connectivity index (χ1n) is 5.06. The maximum absolute atomic E-state index is 11.7. The minimum absolute atomic E-state index is 0.108. The van der Waals surface area contributed by atoms with Crippen LogP contribution in [0.15, 0.2) is 24.3 Å². The Morgan fingerprint density at radius 1 is 1.47 bits per heavy atom. The molecule has 0 aromatic heterocycles. The number of amides is 1. The van der Waals surface area contributed by atoms with Gasteiger partial charge in [0.25, 0.3) is 5.91 Å². The number of carbonyl (C=O) groups is 1. The van der Waals surface area contributed by atoms with Gasteiger partial charge in [-0.1, -0.05) is 13.0 Å². The summed E-state index contributed by atoms with van der Waals surface area (Å²) in [4.78, 5) is 11.7. The van der Waals surface area contributed by atoms with E-state index in [1.807, 2.05) is 20.8 Å². The molecule has 0 atom stereocenters. The molecule has 0 aliphatic heterocycles. The predicted octanol–water partition coefficient (Wildman–Crippen LogP) is 2.31. The van der Waals surface area contributed by atoms with Crippen LogP contribution in [-0.2, 0) is 0 Å². The van der Waals surface area contributed by atoms with Gasteiger partial charge in [-0.2, -0.15) is 0 Å². The Labute approximate surface area is 90.1 Å². The number of benzene rings is 1. The average Bonchev–Trinajstić information content (AvgIpc) is 2.17. The molecule has 0 radical (unpaired) electrons. The molecule has 1 aromatic carbocycles. The zero-order valence-corrected chi connectivity index (χ0v) is 9.37. The predicted molar refractivity (Wildman–Crippen MR) is 59.9 cm³/mol. The summed E-state index contributed by atoms with van der Waals surface area (Å²) in [6.45, 7) is 5.95. The van der Waals surface area contributed by atoms with Gasteiger partial charge < -0.3 is 10.4 Å². The third-order valence-electron chi connectivity index (χ3n) is 2.44. The van der Waals surface area contributed by atoms with E-state index in [-0.39, 0.29) is 17.2 Å². The monoisotopic (exact) mass is 207 g/mol. The molecule has 2 N–H and O–H groups in total. The van der Waals surface area contributed by atoms with Crippen molar-refractivity contribution in [1.82, 2.24) is 5.32 Å². The summed E-state index contributed by atoms with van der Waals surface area (Å²) in [7, 11) is 0. The first kappa shape index (κ1) is 11.6. The lowest BCUT2D eigenvalue weighted by molar-refractivity contribution is 0.0911. The number of phenolic OH excluding ortho intramolecular Hbond substituents is 1. The van der Waals surface area contributed by atoms with Crippen LogP contribution in [-0.4, -0.2) is 16.6 Å². The second-order valence-electron chi connectivity index (χ2n) is 4.24. The van der Waals surface area contributed by atoms with E-state index in [4.69, 9.17) is 0 Å². The minimum Gasteiger partial charge on any atom is -0.508 e. The Hall–Kier alpha value is -1.51. The quantitative estimate of drug-likeness (QED) is 0.799. The summed E-state index contributed by atoms with van der Waals surface area (Å²) >= 11 is 0. The Kier molecular flexibility index (Phi) is 3.35. The fourth-order valence-electron chi connectivity index (χ4n) is 1.12. The standard InChI is InChI=1S/C12H17NO2/c1-4-12(2,3)13-11(15)9-6-5-7-10(14)8-9/h5-8,14H,4H2,1-3H3,(H,13,15). The molecule has 0 fully saturated rings. The Morgan fingerprint density at radius 3 is 2.67 bits per heavy atom. The topological polar surface area (TPSA) is 49.3 Å². The molecule has 1 rings (SSSR count). The Morgan fingerprint density at radius 2 is 2.13 bits per heavy atom. The van der Waals surface area contributed by atoms with E-state index in [0.717, 1.165) is 6.42 Å². The fourth-order valence-corrected chi connectivity index (χ4v) is 1.12. The lowest BCUT2D eigenvalue weighted by Gasteiger charge is -2.24. The van der Waals surface area contributed by atoms with Gasteiger partial charge in [0.1, 0.15) is 5.75 Å². The molecular formula is C12H17NO2. The Balaban J connectivity index is 2.78. The number of carbonyl (C=O) groups excluding carboxylic acids is 1. The van der Waals surface area contributed by atoms with Crippen LogP contribution in [0.1, 0.15) is 37.6 Å². The lowest BCUT2D eigenvalue weighted by Crippen LogP contribution is -2.42. The Bertz CT molecular complexity index is 358. The maximum atomic E-state index is 11.7. The highest BCUT2D eigenvalue weighted by Crippen LogP contribution is 2.13. The van der Waals surface area contributed by atoms with Crippen LogP contribution in [0.25, 0.3) is 0 Å². The first-order valence-corrected chi connectivity index (χ1v) is 5.06. The second kappa shape index (κ2) is 4.34. The molecule has 15 heavy (non-hydrogen) atoms. The van der Waals surface area contributed by atoms with Crippen molar-refractivity contribution in [3.63, 3.8) is 0 Å². The highest BCUT2D eigenvalue weighted by atomic mass is 16.3. The SMILES string of the molecule is CCC(C)(C)NC(=O)c1cccc(O)c1. The van der Waals surface area contributed by atoms with Gasteiger partial charge in [-0.15, -0.1) is 0 Å². The summed E-state index contributed by atoms with van der Waals surface area (Å²) < 4.78 is 0. The van der Waals surface area contributed by atoms with Crippen molar-refractivity contribution in [2.45, 2.75) is 32.7 Å². The zero-order chi connectivity index (χ0) is 11.5. The molecule has 0 saturated carbocycles. The van der Waals surface area contributed by atoms with Crippen molar-refractivity contribution < 1.29 is 9.90 Å². The average molecular weight is 207 g/mol. The maximum Gasteiger partial charge on any atom is 0.251 e. The van der Waals surface area contributed by atoms with Crippen molar-refractivity contribution in [2.75, 3.05) is 0 Å². The molecule has 82 valence electrons. The highest BCUT2D eigenvalue weighted by molar-refractivity contribution is 5.94. The van der Waals surface area contributed by atoms with Crippen molar-refractivity contribution in [3.8, 4) is 5.75 Å². The molecular weight excluding hydrogens is 190 g/mol. The van der Waals surface area contributed by atoms with Gasteiger partial charge >= 0.3 is 0 Å². The van der Waals surface area contributed by atoms with Crippen molar-refractivity contribution in [1.29, 1.82) is 0 Å². The molecule has 0 unspecified atom stereocenters. The molecule has 3 heteroatoms. The van der Waals surface area contributed by atoms with E-state index >= 15 is 0 Å². The van der Waals surface area contributed by atoms with Crippen LogP contribution < -0.4 is 5.32 Å². The third-order valence-corrected chi connectivity index (χ3v) is 2.44. The minimum atomic E-state index is -0.220. The molecule has 0 saturated heterocycles. The first-order chi connectivity index (χ1) is 6.94. The summed E-state index contributed by atoms with van der Waals surface area (Å²) in [5.41, 5.74) is 0.263. The lowest BCUT2D eigenvalue weighted by atomic mass is 10.0. The third kappa shape index (κ3) is 3.27. The van der Waals surface area contributed by atoms with Gasteiger partial charge in [0.05, 0.1) is 0 Å². The number of hydrogen-bond acceptors (Lipinski definition) is 2. The molecule has 3 nitrogen and oxygen atoms in total. The highest BCUT2D eigenvalue weighted by Gasteiger charge is 2.18. The number of nitrogens with one attached hydrogen (secondary N) is 1. The van der Waals surface area contributed by atoms with E-state index in [0.29, 0.717) is 5.56 Å². The van der Waals surface area contributed by atoms with Crippen LogP contribution in [0.4, 0.5) is 0 Å². The van der Waals surface area contributed by atoms with Crippen LogP contribution >= 0.6 is 0 Å². The van der Waals surface area contributed by atoms with Gasteiger partial charge in [-0.25, -0.2) is 0 Å². The van der Waals surface area contributed by atoms with Crippen molar-refractivity contribution >= 4 is 5.91 Å². The summed E-state index contributed by atoms with van der Waals surface area (Å²) in [5.74, 6) is -0.0466. The van der Waals surface area contributed by atoms with Gasteiger partial charge in [0, 0.05) is 11.1 Å². The molecule has 1 amide bonds. The van der Waals surface area contributed by atoms with E-state index in [1.165, 1.54) is 6.07 Å². The molecule has 0 aliphatic carbocycles. The molecule has 0 bridgehead atoms. The van der Waals surface area contributed by atoms with Crippen molar-refractivity contribution in [3.05, 3.63) is 29.8 Å². The molecule has 0 aliphatic rings. The number of phenols is 1. The smallest absolute Gasteiger partial charge is 0.251 e. The summed E-state index contributed by atoms with van der Waals surface area (Å²) in [5, 5.41) is 12.1. The zero-order valence-electron chi connectivity index (χ0n) is 9.37. The van der Waals surface area contributed by atoms with Gasteiger partial charge in [-0.05, 0) is 38.5 Å². The van der Waals surface area contributed by atoms with Crippen LogP contribution in [0.2, 0.25) is 0 Å². The van der Waals surface area contributed by atoms with Crippen molar-refractivity contribution in [2.24, 2.45) is 0 Å². The summed E-state index contributed by atoms with van der Waals surface area (Å²) in [6.07, 6.45) is 0.859. The van der Waals surface area contributed by atoms with E-state index < -0.39 is 0 Å². The van der Waals surface area contributed by atoms with Crippen LogP contribution in [0.3, 0.4) is 0 Å². The molecule has 0 heterocycles. The fraction of sp³-hybridized carbons (Fsp3) is 0.417. The van der Waals surface area contributed by atoms with Gasteiger partial charge in [0.15, 0.2) is 0 Å². The largest absolute Gasteiger partial charge is 0.508 e. The summed E-state index contributed by atoms with van der Waals surface area (Å²) in [6, 6.07) is 6.34. The second-order valence-corrected chi connectivity index (χ2v) is 4.24. The number of hydrogen-bond donors (Lipinski definition) is 2. The van der Waals surface area contributed by atoms with E-state index in [9.17, 15) is 9.90 Å². The van der Waals surface area contributed by atoms with Gasteiger partial charge in [0.2, 0.25) is 0 Å². The van der Waals surface area contributed by atoms with Gasteiger partial charge in [-0.3, -0.25) is 4.79 Å². The molecule has 0 spiro atoms. The number of rotatable bonds is 3. The molecule has 1 aromatic rings. The van der Waals surface area contributed by atoms with Crippen LogP contribution in [0.5, 0.6) is 5.75 Å². The normalized spacial score (nSPS) is 11.1. The van der Waals surface area contributed by atoms with E-state index in [2.05, 4.69) is 5.32 Å².